The summed E-state index contributed by atoms with van der Waals surface area (Å²) < 4.78 is 7.04. The lowest BCUT2D eigenvalue weighted by atomic mass is 10.0. The lowest BCUT2D eigenvalue weighted by molar-refractivity contribution is 0.249. The molecule has 4 aromatic rings. The van der Waals surface area contributed by atoms with Crippen molar-refractivity contribution in [3.8, 4) is 5.75 Å². The van der Waals surface area contributed by atoms with Crippen LogP contribution in [0.3, 0.4) is 0 Å². The van der Waals surface area contributed by atoms with Crippen LogP contribution in [0, 0.1) is 13.8 Å². The fourth-order valence-corrected chi connectivity index (χ4v) is 5.45. The van der Waals surface area contributed by atoms with Crippen LogP contribution in [0.1, 0.15) is 33.0 Å². The summed E-state index contributed by atoms with van der Waals surface area (Å²) in [6.45, 7) is 6.89. The maximum atomic E-state index is 13.1. The number of rotatable bonds is 5. The Balaban J connectivity index is 1.40. The summed E-state index contributed by atoms with van der Waals surface area (Å²) in [5.41, 5.74) is 4.57. The smallest absolute Gasteiger partial charge is 0.281 e. The van der Waals surface area contributed by atoms with Crippen LogP contribution in [-0.4, -0.2) is 21.1 Å². The molecular formula is C25H26N4O2S. The zero-order valence-electron chi connectivity index (χ0n) is 18.3. The van der Waals surface area contributed by atoms with Gasteiger partial charge in [0.25, 0.3) is 5.56 Å². The monoisotopic (exact) mass is 446 g/mol. The van der Waals surface area contributed by atoms with Crippen molar-refractivity contribution in [3.05, 3.63) is 91.8 Å². The molecule has 5 rings (SSSR count). The molecule has 2 aromatic heterocycles. The van der Waals surface area contributed by atoms with E-state index in [1.165, 1.54) is 16.0 Å². The summed E-state index contributed by atoms with van der Waals surface area (Å²) in [5.74, 6) is 7.32. The number of nitrogen functional groups attached to an aromatic ring is 1. The molecule has 0 aliphatic carbocycles. The van der Waals surface area contributed by atoms with Crippen LogP contribution in [-0.2, 0) is 26.1 Å². The molecule has 2 aromatic carbocycles. The summed E-state index contributed by atoms with van der Waals surface area (Å²) in [7, 11) is 0. The van der Waals surface area contributed by atoms with Gasteiger partial charge in [0.2, 0.25) is 0 Å². The molecule has 0 fully saturated rings. The predicted octanol–water partition coefficient (Wildman–Crippen LogP) is 3.93. The Kier molecular flexibility index (Phi) is 5.45. The molecule has 0 amide bonds. The quantitative estimate of drug-likeness (QED) is 0.470. The average molecular weight is 447 g/mol. The molecule has 0 unspecified atom stereocenters. The lowest BCUT2D eigenvalue weighted by Gasteiger charge is -2.26. The van der Waals surface area contributed by atoms with E-state index in [0.717, 1.165) is 52.4 Å². The van der Waals surface area contributed by atoms with Crippen molar-refractivity contribution in [1.29, 1.82) is 0 Å². The topological polar surface area (TPSA) is 73.4 Å². The SMILES string of the molecule is Cc1ccc(OCc2nc3sc4c(c3c(=O)n2N)CCN(Cc2ccccc2)C4)cc1C. The number of fused-ring (bicyclic) bond motifs is 3. The summed E-state index contributed by atoms with van der Waals surface area (Å²) in [6.07, 6.45) is 0.831. The fourth-order valence-electron chi connectivity index (χ4n) is 4.18. The summed E-state index contributed by atoms with van der Waals surface area (Å²) in [6, 6.07) is 16.4. The average Bonchev–Trinajstić information content (AvgIpc) is 3.16. The number of thiophene rings is 1. The van der Waals surface area contributed by atoms with Crippen molar-refractivity contribution < 1.29 is 4.74 Å². The van der Waals surface area contributed by atoms with E-state index in [1.54, 1.807) is 11.3 Å². The van der Waals surface area contributed by atoms with Crippen LogP contribution in [0.4, 0.5) is 0 Å². The number of benzene rings is 2. The van der Waals surface area contributed by atoms with Crippen LogP contribution in [0.5, 0.6) is 5.75 Å². The second-order valence-corrected chi connectivity index (χ2v) is 9.45. The van der Waals surface area contributed by atoms with Crippen molar-refractivity contribution in [2.75, 3.05) is 12.4 Å². The first-order valence-corrected chi connectivity index (χ1v) is 11.6. The van der Waals surface area contributed by atoms with Gasteiger partial charge in [0.1, 0.15) is 17.2 Å². The number of aryl methyl sites for hydroxylation is 2. The third-order valence-corrected chi connectivity index (χ3v) is 7.26. The first kappa shape index (κ1) is 20.7. The van der Waals surface area contributed by atoms with E-state index in [1.807, 2.05) is 31.2 Å². The van der Waals surface area contributed by atoms with Gasteiger partial charge in [-0.3, -0.25) is 9.69 Å². The minimum absolute atomic E-state index is 0.146. The Morgan fingerprint density at radius 3 is 2.72 bits per heavy atom. The highest BCUT2D eigenvalue weighted by molar-refractivity contribution is 7.18. The Hall–Kier alpha value is -3.16. The Morgan fingerprint density at radius 1 is 1.12 bits per heavy atom. The predicted molar refractivity (Wildman–Crippen MR) is 129 cm³/mol. The van der Waals surface area contributed by atoms with Crippen LogP contribution in [0.25, 0.3) is 10.2 Å². The minimum atomic E-state index is -0.192. The van der Waals surface area contributed by atoms with E-state index < -0.39 is 0 Å². The lowest BCUT2D eigenvalue weighted by Crippen LogP contribution is -2.33. The number of aromatic nitrogens is 2. The maximum absolute atomic E-state index is 13.1. The zero-order valence-corrected chi connectivity index (χ0v) is 19.1. The summed E-state index contributed by atoms with van der Waals surface area (Å²) in [4.78, 5) is 22.2. The highest BCUT2D eigenvalue weighted by atomic mass is 32.1. The highest BCUT2D eigenvalue weighted by Crippen LogP contribution is 2.33. The first-order chi connectivity index (χ1) is 15.5. The molecule has 1 aliphatic rings. The fraction of sp³-hybridized carbons (Fsp3) is 0.280. The highest BCUT2D eigenvalue weighted by Gasteiger charge is 2.25. The molecule has 0 radical (unpaired) electrons. The van der Waals surface area contributed by atoms with Gasteiger partial charge in [-0.1, -0.05) is 36.4 Å². The molecule has 7 heteroatoms. The first-order valence-electron chi connectivity index (χ1n) is 10.8. The molecule has 6 nitrogen and oxygen atoms in total. The van der Waals surface area contributed by atoms with Crippen molar-refractivity contribution >= 4 is 21.6 Å². The van der Waals surface area contributed by atoms with Crippen molar-refractivity contribution in [3.63, 3.8) is 0 Å². The number of hydrogen-bond donors (Lipinski definition) is 1. The molecular weight excluding hydrogens is 420 g/mol. The molecule has 0 spiro atoms. The van der Waals surface area contributed by atoms with Crippen LogP contribution in [0.2, 0.25) is 0 Å². The van der Waals surface area contributed by atoms with E-state index >= 15 is 0 Å². The van der Waals surface area contributed by atoms with Gasteiger partial charge in [-0.2, -0.15) is 0 Å². The molecule has 32 heavy (non-hydrogen) atoms. The largest absolute Gasteiger partial charge is 0.486 e. The number of nitrogens with two attached hydrogens (primary N) is 1. The van der Waals surface area contributed by atoms with Crippen LogP contribution >= 0.6 is 11.3 Å². The minimum Gasteiger partial charge on any atom is -0.486 e. The van der Waals surface area contributed by atoms with Crippen molar-refractivity contribution in [2.45, 2.75) is 40.0 Å². The van der Waals surface area contributed by atoms with Gasteiger partial charge < -0.3 is 10.6 Å². The van der Waals surface area contributed by atoms with Gasteiger partial charge >= 0.3 is 0 Å². The van der Waals surface area contributed by atoms with E-state index in [4.69, 9.17) is 15.6 Å². The van der Waals surface area contributed by atoms with Crippen LogP contribution < -0.4 is 16.1 Å². The van der Waals surface area contributed by atoms with E-state index in [2.05, 4.69) is 36.1 Å². The molecule has 3 heterocycles. The third-order valence-electron chi connectivity index (χ3n) is 6.15. The number of ether oxygens (including phenoxy) is 1. The summed E-state index contributed by atoms with van der Waals surface area (Å²) in [5, 5.41) is 0.668. The third kappa shape index (κ3) is 3.89. The van der Waals surface area contributed by atoms with Gasteiger partial charge in [-0.25, -0.2) is 9.66 Å². The second-order valence-electron chi connectivity index (χ2n) is 8.37. The maximum Gasteiger partial charge on any atom is 0.281 e. The molecule has 0 saturated heterocycles. The Morgan fingerprint density at radius 2 is 1.94 bits per heavy atom. The van der Waals surface area contributed by atoms with Gasteiger partial charge in [0, 0.05) is 24.5 Å². The van der Waals surface area contributed by atoms with Gasteiger partial charge in [-0.15, -0.1) is 11.3 Å². The normalized spacial score (nSPS) is 13.9. The molecule has 0 atom stereocenters. The van der Waals surface area contributed by atoms with Gasteiger partial charge in [0.05, 0.1) is 5.39 Å². The van der Waals surface area contributed by atoms with Gasteiger partial charge in [0.15, 0.2) is 5.82 Å². The van der Waals surface area contributed by atoms with E-state index in [9.17, 15) is 4.79 Å². The molecule has 164 valence electrons. The zero-order chi connectivity index (χ0) is 22.2. The molecule has 1 aliphatic heterocycles. The number of hydrogen-bond acceptors (Lipinski definition) is 6. The van der Waals surface area contributed by atoms with Gasteiger partial charge in [-0.05, 0) is 54.7 Å². The molecule has 0 saturated carbocycles. The number of nitrogens with zero attached hydrogens (tertiary/aromatic N) is 3. The Bertz CT molecular complexity index is 1340. The van der Waals surface area contributed by atoms with E-state index in [0.29, 0.717) is 11.2 Å². The standard InChI is InChI=1S/C25H26N4O2S/c1-16-8-9-19(12-17(16)2)31-15-22-27-24-23(25(30)29(22)26)20-10-11-28(14-21(20)32-24)13-18-6-4-3-5-7-18/h3-9,12H,10-11,13-15,26H2,1-2H3. The summed E-state index contributed by atoms with van der Waals surface area (Å²) >= 11 is 1.60. The molecule has 0 bridgehead atoms. The van der Waals surface area contributed by atoms with E-state index in [-0.39, 0.29) is 12.2 Å². The molecule has 2 N–H and O–H groups in total. The second kappa shape index (κ2) is 8.41. The Labute approximate surface area is 190 Å². The van der Waals surface area contributed by atoms with Crippen molar-refractivity contribution in [2.24, 2.45) is 0 Å². The van der Waals surface area contributed by atoms with Crippen molar-refractivity contribution in [1.82, 2.24) is 14.6 Å². The van der Waals surface area contributed by atoms with Crippen LogP contribution in [0.15, 0.2) is 53.3 Å².